The van der Waals surface area contributed by atoms with Crippen LogP contribution in [-0.4, -0.2) is 24.5 Å². The van der Waals surface area contributed by atoms with Gasteiger partial charge in [-0.3, -0.25) is 19.7 Å². The van der Waals surface area contributed by atoms with Crippen molar-refractivity contribution in [1.82, 2.24) is 5.32 Å². The number of anilines is 1. The second kappa shape index (κ2) is 4.84. The second-order valence-electron chi connectivity index (χ2n) is 5.03. The zero-order valence-corrected chi connectivity index (χ0v) is 11.7. The van der Waals surface area contributed by atoms with Gasteiger partial charge in [0.2, 0.25) is 6.79 Å². The van der Waals surface area contributed by atoms with Crippen LogP contribution in [0, 0.1) is 0 Å². The molecule has 23 heavy (non-hydrogen) atoms. The maximum atomic E-state index is 12.4. The van der Waals surface area contributed by atoms with Crippen molar-refractivity contribution in [3.63, 3.8) is 0 Å². The Labute approximate surface area is 130 Å². The molecule has 4 rings (SSSR count). The van der Waals surface area contributed by atoms with Crippen molar-refractivity contribution in [3.8, 4) is 11.5 Å². The van der Waals surface area contributed by atoms with E-state index in [2.05, 4.69) is 10.6 Å². The first-order valence-electron chi connectivity index (χ1n) is 6.83. The Balaban J connectivity index is 1.66. The maximum Gasteiger partial charge on any atom is 0.261 e. The van der Waals surface area contributed by atoms with Crippen LogP contribution in [0.3, 0.4) is 0 Å². The van der Waals surface area contributed by atoms with Crippen molar-refractivity contribution in [2.24, 2.45) is 0 Å². The molecule has 2 aliphatic rings. The molecule has 114 valence electrons. The molecule has 3 amide bonds. The number of nitrogens with one attached hydrogen (secondary N) is 2. The molecule has 0 aromatic heterocycles. The summed E-state index contributed by atoms with van der Waals surface area (Å²) in [4.78, 5) is 35.9. The summed E-state index contributed by atoms with van der Waals surface area (Å²) in [5, 5.41) is 4.86. The molecule has 2 aromatic rings. The highest BCUT2D eigenvalue weighted by molar-refractivity contribution is 6.25. The van der Waals surface area contributed by atoms with Crippen LogP contribution in [0.5, 0.6) is 11.5 Å². The second-order valence-corrected chi connectivity index (χ2v) is 5.03. The molecule has 0 atom stereocenters. The molecule has 7 heteroatoms. The largest absolute Gasteiger partial charge is 0.454 e. The first-order chi connectivity index (χ1) is 11.1. The van der Waals surface area contributed by atoms with Gasteiger partial charge in [-0.15, -0.1) is 0 Å². The number of imide groups is 1. The monoisotopic (exact) mass is 310 g/mol. The Bertz CT molecular complexity index is 875. The molecule has 0 radical (unpaired) electrons. The van der Waals surface area contributed by atoms with Gasteiger partial charge >= 0.3 is 0 Å². The molecule has 7 nitrogen and oxygen atoms in total. The quantitative estimate of drug-likeness (QED) is 0.821. The van der Waals surface area contributed by atoms with Crippen molar-refractivity contribution in [2.45, 2.75) is 0 Å². The summed E-state index contributed by atoms with van der Waals surface area (Å²) in [6, 6.07) is 9.51. The van der Waals surface area contributed by atoms with Gasteiger partial charge in [0.05, 0.1) is 16.8 Å². The molecule has 2 aliphatic heterocycles. The fourth-order valence-corrected chi connectivity index (χ4v) is 2.56. The van der Waals surface area contributed by atoms with Crippen LogP contribution in [-0.2, 0) is 0 Å². The third-order valence-corrected chi connectivity index (χ3v) is 3.65. The van der Waals surface area contributed by atoms with Gasteiger partial charge < -0.3 is 14.8 Å². The van der Waals surface area contributed by atoms with Crippen molar-refractivity contribution >= 4 is 23.4 Å². The Morgan fingerprint density at radius 1 is 1.04 bits per heavy atom. The van der Waals surface area contributed by atoms with Crippen LogP contribution in [0.15, 0.2) is 36.4 Å². The van der Waals surface area contributed by atoms with Crippen molar-refractivity contribution in [1.29, 1.82) is 0 Å². The first kappa shape index (κ1) is 13.3. The molecular formula is C16H10N2O5. The highest BCUT2D eigenvalue weighted by Crippen LogP contribution is 2.33. The Morgan fingerprint density at radius 2 is 1.87 bits per heavy atom. The molecule has 0 saturated carbocycles. The highest BCUT2D eigenvalue weighted by atomic mass is 16.7. The molecule has 0 unspecified atom stereocenters. The predicted octanol–water partition coefficient (Wildman–Crippen LogP) is 1.55. The summed E-state index contributed by atoms with van der Waals surface area (Å²) < 4.78 is 10.4. The Kier molecular flexibility index (Phi) is 2.80. The average molecular weight is 310 g/mol. The van der Waals surface area contributed by atoms with Crippen molar-refractivity contribution < 1.29 is 23.9 Å². The summed E-state index contributed by atoms with van der Waals surface area (Å²) >= 11 is 0. The van der Waals surface area contributed by atoms with Crippen LogP contribution < -0.4 is 20.1 Å². The van der Waals surface area contributed by atoms with E-state index in [1.54, 1.807) is 30.3 Å². The summed E-state index contributed by atoms with van der Waals surface area (Å²) in [6.07, 6.45) is 0. The molecule has 0 fully saturated rings. The van der Waals surface area contributed by atoms with Gasteiger partial charge in [-0.25, -0.2) is 0 Å². The molecule has 0 saturated heterocycles. The topological polar surface area (TPSA) is 93.7 Å². The number of ether oxygens (including phenoxy) is 2. The summed E-state index contributed by atoms with van der Waals surface area (Å²) in [7, 11) is 0. The molecule has 0 aliphatic carbocycles. The van der Waals surface area contributed by atoms with E-state index in [0.29, 0.717) is 17.1 Å². The fraction of sp³-hybridized carbons (Fsp3) is 0.0625. The standard InChI is InChI=1S/C16H10N2O5/c19-14(8-4-5-11-12(6-8)23-7-22-11)17-10-3-1-2-9-13(10)16(21)18-15(9)20/h1-6H,7H2,(H,17,19)(H,18,20,21). The van der Waals surface area contributed by atoms with Crippen LogP contribution >= 0.6 is 0 Å². The van der Waals surface area contributed by atoms with Crippen LogP contribution in [0.1, 0.15) is 31.1 Å². The van der Waals surface area contributed by atoms with Gasteiger partial charge in [0.15, 0.2) is 11.5 Å². The lowest BCUT2D eigenvalue weighted by atomic mass is 10.1. The first-order valence-corrected chi connectivity index (χ1v) is 6.83. The fourth-order valence-electron chi connectivity index (χ4n) is 2.56. The Hall–Kier alpha value is -3.35. The van der Waals surface area contributed by atoms with Gasteiger partial charge in [-0.05, 0) is 30.3 Å². The molecule has 2 N–H and O–H groups in total. The molecule has 2 heterocycles. The summed E-state index contributed by atoms with van der Waals surface area (Å²) in [5.74, 6) is -0.337. The number of amides is 3. The van der Waals surface area contributed by atoms with Gasteiger partial charge in [-0.1, -0.05) is 6.07 Å². The predicted molar refractivity (Wildman–Crippen MR) is 78.8 cm³/mol. The number of rotatable bonds is 2. The van der Waals surface area contributed by atoms with E-state index >= 15 is 0 Å². The van der Waals surface area contributed by atoms with Gasteiger partial charge in [0.1, 0.15) is 0 Å². The van der Waals surface area contributed by atoms with Crippen LogP contribution in [0.25, 0.3) is 0 Å². The third-order valence-electron chi connectivity index (χ3n) is 3.65. The van der Waals surface area contributed by atoms with Gasteiger partial charge in [0, 0.05) is 5.56 Å². The summed E-state index contributed by atoms with van der Waals surface area (Å²) in [5.41, 5.74) is 1.06. The molecule has 0 spiro atoms. The SMILES string of the molecule is O=C(Nc1cccc2c1C(=O)NC2=O)c1ccc2c(c1)OCO2. The van der Waals surface area contributed by atoms with E-state index in [9.17, 15) is 14.4 Å². The normalized spacial score (nSPS) is 14.4. The number of hydrogen-bond acceptors (Lipinski definition) is 5. The Morgan fingerprint density at radius 3 is 2.74 bits per heavy atom. The minimum Gasteiger partial charge on any atom is -0.454 e. The van der Waals surface area contributed by atoms with Gasteiger partial charge in [0.25, 0.3) is 17.7 Å². The van der Waals surface area contributed by atoms with E-state index in [4.69, 9.17) is 9.47 Å². The number of carbonyl (C=O) groups excluding carboxylic acids is 3. The smallest absolute Gasteiger partial charge is 0.261 e. The number of benzene rings is 2. The van der Waals surface area contributed by atoms with E-state index in [0.717, 1.165) is 0 Å². The van der Waals surface area contributed by atoms with Crippen LogP contribution in [0.4, 0.5) is 5.69 Å². The maximum absolute atomic E-state index is 12.4. The van der Waals surface area contributed by atoms with Crippen molar-refractivity contribution in [2.75, 3.05) is 12.1 Å². The lowest BCUT2D eigenvalue weighted by molar-refractivity contribution is 0.0879. The highest BCUT2D eigenvalue weighted by Gasteiger charge is 2.30. The van der Waals surface area contributed by atoms with Crippen molar-refractivity contribution in [3.05, 3.63) is 53.1 Å². The van der Waals surface area contributed by atoms with E-state index < -0.39 is 17.7 Å². The minimum absolute atomic E-state index is 0.120. The number of carbonyl (C=O) groups is 3. The number of hydrogen-bond donors (Lipinski definition) is 2. The molecular weight excluding hydrogens is 300 g/mol. The minimum atomic E-state index is -0.522. The van der Waals surface area contributed by atoms with Gasteiger partial charge in [-0.2, -0.15) is 0 Å². The lowest BCUT2D eigenvalue weighted by Gasteiger charge is -2.08. The summed E-state index contributed by atoms with van der Waals surface area (Å²) in [6.45, 7) is 0.120. The lowest BCUT2D eigenvalue weighted by Crippen LogP contribution is -2.20. The average Bonchev–Trinajstić information content (AvgIpc) is 3.12. The van der Waals surface area contributed by atoms with E-state index in [-0.39, 0.29) is 23.6 Å². The zero-order valence-electron chi connectivity index (χ0n) is 11.7. The molecule has 2 aromatic carbocycles. The van der Waals surface area contributed by atoms with E-state index in [1.165, 1.54) is 6.07 Å². The molecule has 0 bridgehead atoms. The zero-order chi connectivity index (χ0) is 16.0. The third kappa shape index (κ3) is 2.10. The van der Waals surface area contributed by atoms with Crippen LogP contribution in [0.2, 0.25) is 0 Å². The van der Waals surface area contributed by atoms with E-state index in [1.807, 2.05) is 0 Å². The number of fused-ring (bicyclic) bond motifs is 2.